The molecular weight excluding hydrogens is 276 g/mol. The SMILES string of the molecule is Cc1cc(Br)ccc1N1CCC(CC#N)CC1. The van der Waals surface area contributed by atoms with Crippen molar-refractivity contribution < 1.29 is 0 Å². The van der Waals surface area contributed by atoms with Crippen LogP contribution in [-0.4, -0.2) is 13.1 Å². The molecule has 1 fully saturated rings. The minimum atomic E-state index is 0.604. The molecule has 1 aromatic rings. The normalized spacial score (nSPS) is 16.9. The first-order chi connectivity index (χ1) is 8.20. The summed E-state index contributed by atoms with van der Waals surface area (Å²) >= 11 is 3.50. The molecule has 0 aromatic heterocycles. The van der Waals surface area contributed by atoms with E-state index in [2.05, 4.69) is 52.0 Å². The van der Waals surface area contributed by atoms with Crippen LogP contribution in [0.25, 0.3) is 0 Å². The zero-order valence-electron chi connectivity index (χ0n) is 10.1. The molecule has 0 amide bonds. The molecule has 1 aliphatic rings. The molecule has 1 aliphatic heterocycles. The van der Waals surface area contributed by atoms with Gasteiger partial charge in [-0.25, -0.2) is 0 Å². The number of anilines is 1. The van der Waals surface area contributed by atoms with Crippen LogP contribution in [0.3, 0.4) is 0 Å². The molecular formula is C14H17BrN2. The molecule has 2 rings (SSSR count). The van der Waals surface area contributed by atoms with Gasteiger partial charge in [0.25, 0.3) is 0 Å². The van der Waals surface area contributed by atoms with Gasteiger partial charge in [0.1, 0.15) is 0 Å². The lowest BCUT2D eigenvalue weighted by Crippen LogP contribution is -2.33. The Bertz CT molecular complexity index is 428. The number of rotatable bonds is 2. The van der Waals surface area contributed by atoms with Crippen LogP contribution in [0.4, 0.5) is 5.69 Å². The quantitative estimate of drug-likeness (QED) is 0.827. The summed E-state index contributed by atoms with van der Waals surface area (Å²) in [5.41, 5.74) is 2.65. The molecule has 3 heteroatoms. The third-order valence-electron chi connectivity index (χ3n) is 3.49. The highest BCUT2D eigenvalue weighted by Gasteiger charge is 2.19. The first-order valence-electron chi connectivity index (χ1n) is 6.08. The first kappa shape index (κ1) is 12.4. The van der Waals surface area contributed by atoms with Gasteiger partial charge in [0.2, 0.25) is 0 Å². The number of halogens is 1. The van der Waals surface area contributed by atoms with Crippen molar-refractivity contribution in [3.8, 4) is 6.07 Å². The van der Waals surface area contributed by atoms with Crippen LogP contribution >= 0.6 is 15.9 Å². The minimum absolute atomic E-state index is 0.604. The number of hydrogen-bond donors (Lipinski definition) is 0. The van der Waals surface area contributed by atoms with Crippen molar-refractivity contribution in [2.75, 3.05) is 18.0 Å². The summed E-state index contributed by atoms with van der Waals surface area (Å²) in [6.45, 7) is 4.31. The second kappa shape index (κ2) is 5.55. The lowest BCUT2D eigenvalue weighted by atomic mass is 9.93. The van der Waals surface area contributed by atoms with E-state index in [9.17, 15) is 0 Å². The maximum atomic E-state index is 8.71. The molecule has 0 unspecified atom stereocenters. The van der Waals surface area contributed by atoms with E-state index in [0.717, 1.165) is 30.4 Å². The predicted octanol–water partition coefficient (Wildman–Crippen LogP) is 3.89. The van der Waals surface area contributed by atoms with Gasteiger partial charge in [-0.2, -0.15) is 5.26 Å². The van der Waals surface area contributed by atoms with Crippen molar-refractivity contribution in [1.29, 1.82) is 5.26 Å². The number of aryl methyl sites for hydroxylation is 1. The van der Waals surface area contributed by atoms with Crippen molar-refractivity contribution in [1.82, 2.24) is 0 Å². The predicted molar refractivity (Wildman–Crippen MR) is 74.0 cm³/mol. The Morgan fingerprint density at radius 1 is 1.41 bits per heavy atom. The van der Waals surface area contributed by atoms with Crippen LogP contribution in [0.1, 0.15) is 24.8 Å². The number of piperidine rings is 1. The third kappa shape index (κ3) is 3.01. The molecule has 0 radical (unpaired) electrons. The Hall–Kier alpha value is -1.01. The topological polar surface area (TPSA) is 27.0 Å². The average molecular weight is 293 g/mol. The number of nitriles is 1. The van der Waals surface area contributed by atoms with Crippen LogP contribution in [0.2, 0.25) is 0 Å². The lowest BCUT2D eigenvalue weighted by Gasteiger charge is -2.33. The van der Waals surface area contributed by atoms with Crippen molar-refractivity contribution in [3.05, 3.63) is 28.2 Å². The smallest absolute Gasteiger partial charge is 0.0624 e. The van der Waals surface area contributed by atoms with E-state index in [4.69, 9.17) is 5.26 Å². The van der Waals surface area contributed by atoms with Crippen LogP contribution in [0.5, 0.6) is 0 Å². The van der Waals surface area contributed by atoms with Crippen molar-refractivity contribution >= 4 is 21.6 Å². The number of nitrogens with zero attached hydrogens (tertiary/aromatic N) is 2. The summed E-state index contributed by atoms with van der Waals surface area (Å²) in [5, 5.41) is 8.71. The first-order valence-corrected chi connectivity index (χ1v) is 6.88. The molecule has 2 nitrogen and oxygen atoms in total. The summed E-state index contributed by atoms with van der Waals surface area (Å²) in [6, 6.07) is 8.73. The van der Waals surface area contributed by atoms with Crippen LogP contribution in [-0.2, 0) is 0 Å². The Labute approximate surface area is 111 Å². The van der Waals surface area contributed by atoms with Crippen LogP contribution in [0, 0.1) is 24.2 Å². The van der Waals surface area contributed by atoms with Crippen molar-refractivity contribution in [2.24, 2.45) is 5.92 Å². The molecule has 1 aromatic carbocycles. The summed E-state index contributed by atoms with van der Waals surface area (Å²) in [6.07, 6.45) is 3.00. The van der Waals surface area contributed by atoms with Gasteiger partial charge >= 0.3 is 0 Å². The second-order valence-corrected chi connectivity index (χ2v) is 5.64. The monoisotopic (exact) mass is 292 g/mol. The fourth-order valence-electron chi connectivity index (χ4n) is 2.48. The van der Waals surface area contributed by atoms with Crippen LogP contribution in [0.15, 0.2) is 22.7 Å². The van der Waals surface area contributed by atoms with Gasteiger partial charge in [0, 0.05) is 29.7 Å². The standard InChI is InChI=1S/C14H17BrN2/c1-11-10-13(15)2-3-14(11)17-8-5-12(4-7-16)6-9-17/h2-3,10,12H,4-6,8-9H2,1H3. The van der Waals surface area contributed by atoms with E-state index in [1.807, 2.05) is 0 Å². The average Bonchev–Trinajstić information content (AvgIpc) is 2.31. The molecule has 0 bridgehead atoms. The van der Waals surface area contributed by atoms with Crippen molar-refractivity contribution in [3.63, 3.8) is 0 Å². The molecule has 0 saturated carbocycles. The summed E-state index contributed by atoms with van der Waals surface area (Å²) in [4.78, 5) is 2.44. The fraction of sp³-hybridized carbons (Fsp3) is 0.500. The van der Waals surface area contributed by atoms with E-state index < -0.39 is 0 Å². The molecule has 0 aliphatic carbocycles. The zero-order chi connectivity index (χ0) is 12.3. The van der Waals surface area contributed by atoms with E-state index >= 15 is 0 Å². The Morgan fingerprint density at radius 3 is 2.71 bits per heavy atom. The summed E-state index contributed by atoms with van der Waals surface area (Å²) in [7, 11) is 0. The van der Waals surface area contributed by atoms with E-state index in [0.29, 0.717) is 12.3 Å². The van der Waals surface area contributed by atoms with Gasteiger partial charge in [0.05, 0.1) is 6.07 Å². The molecule has 0 atom stereocenters. The number of benzene rings is 1. The lowest BCUT2D eigenvalue weighted by molar-refractivity contribution is 0.412. The molecule has 90 valence electrons. The van der Waals surface area contributed by atoms with E-state index in [1.165, 1.54) is 11.3 Å². The number of hydrogen-bond acceptors (Lipinski definition) is 2. The Balaban J connectivity index is 2.03. The van der Waals surface area contributed by atoms with Gasteiger partial charge in [-0.3, -0.25) is 0 Å². The van der Waals surface area contributed by atoms with Gasteiger partial charge in [-0.1, -0.05) is 15.9 Å². The van der Waals surface area contributed by atoms with E-state index in [-0.39, 0.29) is 0 Å². The molecule has 17 heavy (non-hydrogen) atoms. The second-order valence-electron chi connectivity index (χ2n) is 4.72. The molecule has 1 saturated heterocycles. The van der Waals surface area contributed by atoms with Gasteiger partial charge < -0.3 is 4.90 Å². The summed E-state index contributed by atoms with van der Waals surface area (Å²) < 4.78 is 1.14. The minimum Gasteiger partial charge on any atom is -0.371 e. The van der Waals surface area contributed by atoms with Gasteiger partial charge in [-0.05, 0) is 49.4 Å². The molecule has 0 N–H and O–H groups in total. The highest BCUT2D eigenvalue weighted by Crippen LogP contribution is 2.28. The molecule has 1 heterocycles. The maximum absolute atomic E-state index is 8.71. The van der Waals surface area contributed by atoms with Gasteiger partial charge in [0.15, 0.2) is 0 Å². The van der Waals surface area contributed by atoms with Crippen molar-refractivity contribution in [2.45, 2.75) is 26.2 Å². The van der Waals surface area contributed by atoms with E-state index in [1.54, 1.807) is 0 Å². The third-order valence-corrected chi connectivity index (χ3v) is 3.99. The zero-order valence-corrected chi connectivity index (χ0v) is 11.7. The molecule has 0 spiro atoms. The van der Waals surface area contributed by atoms with Crippen LogP contribution < -0.4 is 4.90 Å². The largest absolute Gasteiger partial charge is 0.371 e. The maximum Gasteiger partial charge on any atom is 0.0624 e. The Kier molecular flexibility index (Phi) is 4.06. The fourth-order valence-corrected chi connectivity index (χ4v) is 2.96. The highest BCUT2D eigenvalue weighted by atomic mass is 79.9. The Morgan fingerprint density at radius 2 is 2.12 bits per heavy atom. The highest BCUT2D eigenvalue weighted by molar-refractivity contribution is 9.10. The summed E-state index contributed by atoms with van der Waals surface area (Å²) in [5.74, 6) is 0.604. The van der Waals surface area contributed by atoms with Gasteiger partial charge in [-0.15, -0.1) is 0 Å².